The maximum Gasteiger partial charge on any atom is 0.335 e. The highest BCUT2D eigenvalue weighted by atomic mass is 32.2. The predicted molar refractivity (Wildman–Crippen MR) is 61.4 cm³/mol. The first kappa shape index (κ1) is 12.1. The highest BCUT2D eigenvalue weighted by molar-refractivity contribution is 7.98. The Labute approximate surface area is 93.4 Å². The number of benzene rings is 1. The van der Waals surface area contributed by atoms with Gasteiger partial charge in [0.05, 0.1) is 12.2 Å². The summed E-state index contributed by atoms with van der Waals surface area (Å²) in [7, 11) is 1.67. The van der Waals surface area contributed by atoms with Gasteiger partial charge in [-0.1, -0.05) is 12.1 Å². The second-order valence-corrected chi connectivity index (χ2v) is 4.16. The van der Waals surface area contributed by atoms with Crippen molar-refractivity contribution in [2.75, 3.05) is 19.5 Å². The van der Waals surface area contributed by atoms with E-state index >= 15 is 0 Å². The third-order valence-corrected chi connectivity index (χ3v) is 2.87. The van der Waals surface area contributed by atoms with Crippen LogP contribution in [0.3, 0.4) is 0 Å². The number of carbonyl (C=O) groups is 1. The van der Waals surface area contributed by atoms with Crippen molar-refractivity contribution in [1.29, 1.82) is 0 Å². The largest absolute Gasteiger partial charge is 0.478 e. The fourth-order valence-corrected chi connectivity index (χ4v) is 1.97. The van der Waals surface area contributed by atoms with Crippen LogP contribution in [0, 0.1) is 0 Å². The van der Waals surface area contributed by atoms with Crippen molar-refractivity contribution < 1.29 is 14.6 Å². The van der Waals surface area contributed by atoms with Gasteiger partial charge in [0.1, 0.15) is 0 Å². The molecule has 1 aromatic rings. The average Bonchev–Trinajstić information content (AvgIpc) is 2.25. The van der Waals surface area contributed by atoms with Gasteiger partial charge in [0, 0.05) is 18.6 Å². The Kier molecular flexibility index (Phi) is 5.21. The maximum atomic E-state index is 10.7. The Morgan fingerprint density at radius 1 is 1.53 bits per heavy atom. The van der Waals surface area contributed by atoms with Crippen LogP contribution in [0.2, 0.25) is 0 Å². The molecule has 0 radical (unpaired) electrons. The van der Waals surface area contributed by atoms with E-state index in [1.807, 2.05) is 6.07 Å². The normalized spacial score (nSPS) is 10.2. The Bertz CT molecular complexity index is 325. The summed E-state index contributed by atoms with van der Waals surface area (Å²) in [5.74, 6) is 0.872. The maximum absolute atomic E-state index is 10.7. The van der Waals surface area contributed by atoms with Crippen LogP contribution >= 0.6 is 11.8 Å². The van der Waals surface area contributed by atoms with Crippen LogP contribution in [0.25, 0.3) is 0 Å². The minimum Gasteiger partial charge on any atom is -0.478 e. The molecular formula is C11H14O3S. The Morgan fingerprint density at radius 2 is 2.33 bits per heavy atom. The summed E-state index contributed by atoms with van der Waals surface area (Å²) in [6.45, 7) is 0.725. The molecule has 0 aliphatic heterocycles. The van der Waals surface area contributed by atoms with Crippen molar-refractivity contribution in [3.63, 3.8) is 0 Å². The van der Waals surface area contributed by atoms with Crippen LogP contribution in [0.15, 0.2) is 24.3 Å². The fourth-order valence-electron chi connectivity index (χ4n) is 1.13. The molecular weight excluding hydrogens is 212 g/mol. The lowest BCUT2D eigenvalue weighted by Gasteiger charge is -2.02. The summed E-state index contributed by atoms with van der Waals surface area (Å²) in [5, 5.41) is 8.79. The molecule has 0 aromatic heterocycles. The van der Waals surface area contributed by atoms with Gasteiger partial charge in [0.15, 0.2) is 0 Å². The fraction of sp³-hybridized carbons (Fsp3) is 0.364. The molecule has 0 spiro atoms. The third kappa shape index (κ3) is 4.36. The monoisotopic (exact) mass is 226 g/mol. The van der Waals surface area contributed by atoms with Crippen molar-refractivity contribution in [1.82, 2.24) is 0 Å². The number of rotatable bonds is 6. The summed E-state index contributed by atoms with van der Waals surface area (Å²) in [6.07, 6.45) is 0. The molecule has 82 valence electrons. The van der Waals surface area contributed by atoms with Gasteiger partial charge in [-0.15, -0.1) is 0 Å². The molecule has 15 heavy (non-hydrogen) atoms. The van der Waals surface area contributed by atoms with E-state index in [4.69, 9.17) is 9.84 Å². The van der Waals surface area contributed by atoms with Gasteiger partial charge in [0.2, 0.25) is 0 Å². The van der Waals surface area contributed by atoms with E-state index in [0.717, 1.165) is 23.7 Å². The quantitative estimate of drug-likeness (QED) is 0.756. The van der Waals surface area contributed by atoms with Gasteiger partial charge in [-0.2, -0.15) is 11.8 Å². The summed E-state index contributed by atoms with van der Waals surface area (Å²) in [5.41, 5.74) is 1.39. The van der Waals surface area contributed by atoms with Crippen molar-refractivity contribution in [2.45, 2.75) is 5.75 Å². The number of carboxylic acid groups (broad SMARTS) is 1. The van der Waals surface area contributed by atoms with Gasteiger partial charge in [-0.25, -0.2) is 4.79 Å². The van der Waals surface area contributed by atoms with Gasteiger partial charge in [-0.3, -0.25) is 0 Å². The zero-order valence-corrected chi connectivity index (χ0v) is 9.42. The molecule has 3 nitrogen and oxygen atoms in total. The number of thioether (sulfide) groups is 1. The lowest BCUT2D eigenvalue weighted by molar-refractivity contribution is 0.0697. The zero-order valence-electron chi connectivity index (χ0n) is 8.60. The number of carboxylic acids is 1. The van der Waals surface area contributed by atoms with E-state index in [1.165, 1.54) is 0 Å². The Hall–Kier alpha value is -1.00. The molecule has 0 heterocycles. The van der Waals surface area contributed by atoms with Crippen LogP contribution in [0.1, 0.15) is 15.9 Å². The van der Waals surface area contributed by atoms with Crippen molar-refractivity contribution >= 4 is 17.7 Å². The average molecular weight is 226 g/mol. The molecule has 0 aliphatic rings. The second kappa shape index (κ2) is 6.48. The van der Waals surface area contributed by atoms with E-state index in [1.54, 1.807) is 37.1 Å². The highest BCUT2D eigenvalue weighted by Gasteiger charge is 2.02. The van der Waals surface area contributed by atoms with Gasteiger partial charge >= 0.3 is 5.97 Å². The molecule has 1 rings (SSSR count). The lowest BCUT2D eigenvalue weighted by Crippen LogP contribution is -1.97. The van der Waals surface area contributed by atoms with Crippen LogP contribution in [-0.2, 0) is 10.5 Å². The van der Waals surface area contributed by atoms with Crippen LogP contribution < -0.4 is 0 Å². The van der Waals surface area contributed by atoms with Gasteiger partial charge in [-0.05, 0) is 17.7 Å². The summed E-state index contributed by atoms with van der Waals surface area (Å²) in [4.78, 5) is 10.7. The zero-order chi connectivity index (χ0) is 11.1. The first-order valence-corrected chi connectivity index (χ1v) is 5.78. The number of aromatic carboxylic acids is 1. The SMILES string of the molecule is COCCSCc1cccc(C(=O)O)c1. The molecule has 4 heteroatoms. The topological polar surface area (TPSA) is 46.5 Å². The lowest BCUT2D eigenvalue weighted by atomic mass is 10.1. The van der Waals surface area contributed by atoms with E-state index in [-0.39, 0.29) is 0 Å². The number of ether oxygens (including phenoxy) is 1. The summed E-state index contributed by atoms with van der Waals surface area (Å²) in [6, 6.07) is 7.02. The number of hydrogen-bond donors (Lipinski definition) is 1. The number of methoxy groups -OCH3 is 1. The van der Waals surface area contributed by atoms with Crippen LogP contribution in [0.5, 0.6) is 0 Å². The molecule has 0 amide bonds. The summed E-state index contributed by atoms with van der Waals surface area (Å²) >= 11 is 1.73. The second-order valence-electron chi connectivity index (χ2n) is 3.05. The molecule has 1 aromatic carbocycles. The van der Waals surface area contributed by atoms with Crippen LogP contribution in [-0.4, -0.2) is 30.5 Å². The first-order chi connectivity index (χ1) is 7.24. The van der Waals surface area contributed by atoms with Crippen molar-refractivity contribution in [3.05, 3.63) is 35.4 Å². The van der Waals surface area contributed by atoms with E-state index in [2.05, 4.69) is 0 Å². The van der Waals surface area contributed by atoms with E-state index < -0.39 is 5.97 Å². The first-order valence-electron chi connectivity index (χ1n) is 4.63. The minimum atomic E-state index is -0.876. The van der Waals surface area contributed by atoms with Crippen LogP contribution in [0.4, 0.5) is 0 Å². The third-order valence-electron chi connectivity index (χ3n) is 1.87. The standard InChI is InChI=1S/C11H14O3S/c1-14-5-6-15-8-9-3-2-4-10(7-9)11(12)13/h2-4,7H,5-6,8H2,1H3,(H,12,13). The molecule has 0 bridgehead atoms. The molecule has 0 aliphatic carbocycles. The predicted octanol–water partition coefficient (Wildman–Crippen LogP) is 2.26. The van der Waals surface area contributed by atoms with Crippen molar-refractivity contribution in [2.24, 2.45) is 0 Å². The molecule has 0 atom stereocenters. The smallest absolute Gasteiger partial charge is 0.335 e. The number of hydrogen-bond acceptors (Lipinski definition) is 3. The molecule has 1 N–H and O–H groups in total. The minimum absolute atomic E-state index is 0.347. The Balaban J connectivity index is 2.47. The van der Waals surface area contributed by atoms with Gasteiger partial charge in [0.25, 0.3) is 0 Å². The molecule has 0 saturated carbocycles. The summed E-state index contributed by atoms with van der Waals surface area (Å²) < 4.78 is 4.93. The van der Waals surface area contributed by atoms with E-state index in [0.29, 0.717) is 5.56 Å². The molecule has 0 saturated heterocycles. The highest BCUT2D eigenvalue weighted by Crippen LogP contribution is 2.13. The molecule has 0 unspecified atom stereocenters. The van der Waals surface area contributed by atoms with E-state index in [9.17, 15) is 4.79 Å². The Morgan fingerprint density at radius 3 is 3.00 bits per heavy atom. The van der Waals surface area contributed by atoms with Crippen molar-refractivity contribution in [3.8, 4) is 0 Å². The van der Waals surface area contributed by atoms with Gasteiger partial charge < -0.3 is 9.84 Å². The molecule has 0 fully saturated rings.